The third-order valence-electron chi connectivity index (χ3n) is 4.03. The van der Waals surface area contributed by atoms with E-state index in [0.717, 1.165) is 17.0 Å². The van der Waals surface area contributed by atoms with E-state index in [9.17, 15) is 9.90 Å². The molecule has 1 heterocycles. The molecule has 1 atom stereocenters. The number of piperazine rings is 1. The molecule has 25 heavy (non-hydrogen) atoms. The lowest BCUT2D eigenvalue weighted by molar-refractivity contribution is -0.131. The van der Waals surface area contributed by atoms with E-state index in [1.807, 2.05) is 41.3 Å². The zero-order valence-electron chi connectivity index (χ0n) is 13.5. The van der Waals surface area contributed by atoms with Gasteiger partial charge in [0.25, 0.3) is 0 Å². The first-order valence-corrected chi connectivity index (χ1v) is 9.18. The summed E-state index contributed by atoms with van der Waals surface area (Å²) >= 11 is 7.80. The summed E-state index contributed by atoms with van der Waals surface area (Å²) in [6.07, 6.45) is 0. The smallest absolute Gasteiger partial charge is 0.233 e. The van der Waals surface area contributed by atoms with Crippen molar-refractivity contribution >= 4 is 41.7 Å². The summed E-state index contributed by atoms with van der Waals surface area (Å²) < 4.78 is 0. The van der Waals surface area contributed by atoms with Crippen LogP contribution in [0.4, 0.5) is 0 Å². The van der Waals surface area contributed by atoms with Crippen molar-refractivity contribution in [1.82, 2.24) is 10.2 Å². The lowest BCUT2D eigenvalue weighted by Crippen LogP contribution is -2.49. The number of hydrogen-bond donors (Lipinski definition) is 2. The number of rotatable bonds is 4. The van der Waals surface area contributed by atoms with Gasteiger partial charge in [-0.2, -0.15) is 0 Å². The second-order valence-electron chi connectivity index (χ2n) is 5.61. The van der Waals surface area contributed by atoms with Crippen LogP contribution in [0.3, 0.4) is 0 Å². The molecule has 0 saturated carbocycles. The van der Waals surface area contributed by atoms with Crippen molar-refractivity contribution in [3.05, 3.63) is 59.1 Å². The summed E-state index contributed by atoms with van der Waals surface area (Å²) in [6, 6.07) is 14.5. The number of phenolic OH excluding ortho intramolecular Hbond substituents is 1. The number of phenols is 1. The molecule has 1 unspecified atom stereocenters. The molecule has 1 amide bonds. The van der Waals surface area contributed by atoms with Crippen LogP contribution in [0.15, 0.2) is 53.4 Å². The zero-order chi connectivity index (χ0) is 16.9. The predicted molar refractivity (Wildman–Crippen MR) is 105 cm³/mol. The highest BCUT2D eigenvalue weighted by atomic mass is 35.5. The Morgan fingerprint density at radius 1 is 1.24 bits per heavy atom. The molecule has 2 N–H and O–H groups in total. The van der Waals surface area contributed by atoms with E-state index in [4.69, 9.17) is 11.6 Å². The van der Waals surface area contributed by atoms with Gasteiger partial charge in [0.05, 0.1) is 11.8 Å². The summed E-state index contributed by atoms with van der Waals surface area (Å²) in [4.78, 5) is 15.6. The molecule has 0 spiro atoms. The highest BCUT2D eigenvalue weighted by molar-refractivity contribution is 8.00. The quantitative estimate of drug-likeness (QED) is 0.770. The van der Waals surface area contributed by atoms with Gasteiger partial charge < -0.3 is 15.3 Å². The molecule has 0 aromatic heterocycles. The fourth-order valence-electron chi connectivity index (χ4n) is 2.80. The van der Waals surface area contributed by atoms with Crippen LogP contribution >= 0.6 is 35.8 Å². The first-order valence-electron chi connectivity index (χ1n) is 7.81. The number of nitrogens with one attached hydrogen (secondary N) is 1. The number of carbonyl (C=O) groups excluding carboxylic acids is 1. The number of nitrogens with zero attached hydrogens (tertiary/aromatic N) is 1. The Morgan fingerprint density at radius 2 is 1.96 bits per heavy atom. The maximum absolute atomic E-state index is 12.7. The van der Waals surface area contributed by atoms with Gasteiger partial charge in [0, 0.05) is 29.6 Å². The lowest BCUT2D eigenvalue weighted by atomic mass is 10.0. The Balaban J connectivity index is 0.00000225. The number of hydrogen-bond acceptors (Lipinski definition) is 4. The van der Waals surface area contributed by atoms with Crippen molar-refractivity contribution in [2.45, 2.75) is 10.9 Å². The average Bonchev–Trinajstić information content (AvgIpc) is 2.61. The molecule has 1 aliphatic heterocycles. The molecule has 1 aliphatic rings. The molecule has 1 saturated heterocycles. The van der Waals surface area contributed by atoms with Crippen molar-refractivity contribution in [3.63, 3.8) is 0 Å². The van der Waals surface area contributed by atoms with Crippen molar-refractivity contribution in [3.8, 4) is 5.75 Å². The summed E-state index contributed by atoms with van der Waals surface area (Å²) in [7, 11) is 0. The molecule has 0 radical (unpaired) electrons. The van der Waals surface area contributed by atoms with E-state index in [-0.39, 0.29) is 30.1 Å². The van der Waals surface area contributed by atoms with Crippen LogP contribution in [-0.2, 0) is 4.79 Å². The second kappa shape index (κ2) is 9.34. The number of halogens is 2. The first-order chi connectivity index (χ1) is 11.6. The molecule has 2 aromatic rings. The molecule has 2 aromatic carbocycles. The molecule has 0 bridgehead atoms. The fourth-order valence-corrected chi connectivity index (χ4v) is 3.84. The minimum atomic E-state index is -0.0413. The Bertz CT molecular complexity index is 712. The first kappa shape index (κ1) is 19.9. The van der Waals surface area contributed by atoms with E-state index in [2.05, 4.69) is 5.32 Å². The lowest BCUT2D eigenvalue weighted by Gasteiger charge is -2.37. The van der Waals surface area contributed by atoms with Crippen LogP contribution in [0.5, 0.6) is 5.75 Å². The average molecular weight is 399 g/mol. The molecule has 0 aliphatic carbocycles. The summed E-state index contributed by atoms with van der Waals surface area (Å²) in [6.45, 7) is 2.17. The van der Waals surface area contributed by atoms with Crippen LogP contribution in [0.1, 0.15) is 11.6 Å². The van der Waals surface area contributed by atoms with Crippen LogP contribution < -0.4 is 5.32 Å². The van der Waals surface area contributed by atoms with Gasteiger partial charge in [0.2, 0.25) is 5.91 Å². The summed E-state index contributed by atoms with van der Waals surface area (Å²) in [5.41, 5.74) is 0.981. The number of carbonyl (C=O) groups is 1. The van der Waals surface area contributed by atoms with E-state index >= 15 is 0 Å². The summed E-state index contributed by atoms with van der Waals surface area (Å²) in [5, 5.41) is 13.3. The van der Waals surface area contributed by atoms with Crippen molar-refractivity contribution < 1.29 is 9.90 Å². The maximum Gasteiger partial charge on any atom is 0.233 e. The van der Waals surface area contributed by atoms with Gasteiger partial charge in [0.15, 0.2) is 0 Å². The molecule has 7 heteroatoms. The van der Waals surface area contributed by atoms with Crippen molar-refractivity contribution in [2.75, 3.05) is 25.4 Å². The SMILES string of the molecule is Cl.O=C(CSc1ccc(O)cc1)N1CCNCC1c1ccccc1Cl. The Kier molecular flexibility index (Phi) is 7.44. The van der Waals surface area contributed by atoms with Gasteiger partial charge in [0.1, 0.15) is 5.75 Å². The molecule has 134 valence electrons. The third kappa shape index (κ3) is 5.05. The highest BCUT2D eigenvalue weighted by Gasteiger charge is 2.28. The molecule has 3 rings (SSSR count). The van der Waals surface area contributed by atoms with Gasteiger partial charge in [-0.25, -0.2) is 0 Å². The van der Waals surface area contributed by atoms with E-state index in [0.29, 0.717) is 23.9 Å². The van der Waals surface area contributed by atoms with Crippen LogP contribution in [0.2, 0.25) is 5.02 Å². The Morgan fingerprint density at radius 3 is 2.68 bits per heavy atom. The Labute approximate surface area is 163 Å². The fraction of sp³-hybridized carbons (Fsp3) is 0.278. The maximum atomic E-state index is 12.7. The van der Waals surface area contributed by atoms with Gasteiger partial charge in [-0.1, -0.05) is 29.8 Å². The monoisotopic (exact) mass is 398 g/mol. The van der Waals surface area contributed by atoms with Crippen LogP contribution in [0, 0.1) is 0 Å². The largest absolute Gasteiger partial charge is 0.508 e. The topological polar surface area (TPSA) is 52.6 Å². The molecule has 1 fully saturated rings. The summed E-state index contributed by atoms with van der Waals surface area (Å²) in [5.74, 6) is 0.692. The molecular weight excluding hydrogens is 379 g/mol. The molecule has 4 nitrogen and oxygen atoms in total. The number of benzene rings is 2. The molecular formula is C18H20Cl2N2O2S. The van der Waals surface area contributed by atoms with Gasteiger partial charge >= 0.3 is 0 Å². The predicted octanol–water partition coefficient (Wildman–Crippen LogP) is 3.73. The highest BCUT2D eigenvalue weighted by Crippen LogP contribution is 2.29. The standard InChI is InChI=1S/C18H19ClN2O2S.ClH/c19-16-4-2-1-3-15(16)17-11-20-9-10-21(17)18(23)12-24-14-7-5-13(22)6-8-14;/h1-8,17,20,22H,9-12H2;1H. The van der Waals surface area contributed by atoms with E-state index in [1.54, 1.807) is 12.1 Å². The van der Waals surface area contributed by atoms with Crippen LogP contribution in [0.25, 0.3) is 0 Å². The number of amides is 1. The van der Waals surface area contributed by atoms with Gasteiger partial charge in [-0.05, 0) is 35.9 Å². The van der Waals surface area contributed by atoms with Crippen molar-refractivity contribution in [2.24, 2.45) is 0 Å². The second-order valence-corrected chi connectivity index (χ2v) is 7.07. The minimum absolute atomic E-state index is 0. The number of aromatic hydroxyl groups is 1. The Hall–Kier alpha value is -1.40. The third-order valence-corrected chi connectivity index (χ3v) is 5.37. The van der Waals surface area contributed by atoms with Gasteiger partial charge in [-0.15, -0.1) is 24.2 Å². The minimum Gasteiger partial charge on any atom is -0.508 e. The van der Waals surface area contributed by atoms with Crippen LogP contribution in [-0.4, -0.2) is 41.3 Å². The zero-order valence-corrected chi connectivity index (χ0v) is 15.9. The van der Waals surface area contributed by atoms with E-state index < -0.39 is 0 Å². The van der Waals surface area contributed by atoms with Gasteiger partial charge in [-0.3, -0.25) is 4.79 Å². The van der Waals surface area contributed by atoms with Crippen molar-refractivity contribution in [1.29, 1.82) is 0 Å². The number of thioether (sulfide) groups is 1. The normalized spacial score (nSPS) is 17.0. The van der Waals surface area contributed by atoms with E-state index in [1.165, 1.54) is 11.8 Å².